The molecular weight excluding hydrogens is 868 g/mol. The van der Waals surface area contributed by atoms with E-state index >= 15 is 0 Å². The lowest BCUT2D eigenvalue weighted by atomic mass is 10.1. The van der Waals surface area contributed by atoms with Crippen LogP contribution in [0.2, 0.25) is 0 Å². The summed E-state index contributed by atoms with van der Waals surface area (Å²) in [7, 11) is 0. The highest BCUT2D eigenvalue weighted by Gasteiger charge is 2.51. The molecule has 2 aromatic carbocycles. The molecule has 0 unspecified atom stereocenters. The molecule has 65 heavy (non-hydrogen) atoms. The van der Waals surface area contributed by atoms with E-state index in [1.165, 1.54) is 25.1 Å². The van der Waals surface area contributed by atoms with Crippen LogP contribution in [0.5, 0.6) is 0 Å². The van der Waals surface area contributed by atoms with Crippen LogP contribution in [0.15, 0.2) is 36.4 Å². The van der Waals surface area contributed by atoms with E-state index in [2.05, 4.69) is 22.2 Å². The molecule has 0 aliphatic heterocycles. The minimum Gasteiger partial charge on any atom is -0.443 e. The third kappa shape index (κ3) is 13.0. The molecule has 1 heterocycles. The van der Waals surface area contributed by atoms with Crippen LogP contribution in [0.4, 0.5) is 39.7 Å². The molecule has 4 fully saturated rings. The quantitative estimate of drug-likeness (QED) is 0.0693. The number of aliphatic hydroxyl groups is 6. The van der Waals surface area contributed by atoms with Gasteiger partial charge in [0.05, 0.1) is 55.7 Å². The summed E-state index contributed by atoms with van der Waals surface area (Å²) in [6, 6.07) is 5.46. The van der Waals surface area contributed by atoms with Crippen LogP contribution in [0.3, 0.4) is 0 Å². The fourth-order valence-corrected chi connectivity index (χ4v) is 7.85. The van der Waals surface area contributed by atoms with Crippen molar-refractivity contribution in [1.82, 2.24) is 9.97 Å². The summed E-state index contributed by atoms with van der Waals surface area (Å²) in [6.45, 7) is 8.14. The Morgan fingerprint density at radius 2 is 1.35 bits per heavy atom. The predicted molar refractivity (Wildman–Crippen MR) is 225 cm³/mol. The summed E-state index contributed by atoms with van der Waals surface area (Å²) in [6.07, 6.45) is -4.94. The highest BCUT2D eigenvalue weighted by Crippen LogP contribution is 2.49. The Bertz CT molecular complexity index is 2120. The average molecular weight is 927 g/mol. The number of rotatable bonds is 13. The number of halogens is 4. The van der Waals surface area contributed by atoms with Crippen LogP contribution < -0.4 is 16.0 Å². The first-order valence-corrected chi connectivity index (χ1v) is 21.2. The summed E-state index contributed by atoms with van der Waals surface area (Å²) in [5, 5.41) is 72.2. The molecule has 9 N–H and O–H groups in total. The zero-order valence-electron chi connectivity index (χ0n) is 36.6. The summed E-state index contributed by atoms with van der Waals surface area (Å²) in [5.41, 5.74) is 5.14. The minimum atomic E-state index is -1.39. The summed E-state index contributed by atoms with van der Waals surface area (Å²) < 4.78 is 68.7. The molecule has 4 saturated carbocycles. The molecule has 4 aliphatic carbocycles. The first-order valence-electron chi connectivity index (χ1n) is 21.2. The summed E-state index contributed by atoms with van der Waals surface area (Å²) >= 11 is 0. The second kappa shape index (κ2) is 21.8. The number of nitrogens with one attached hydrogen (secondary N) is 1. The van der Waals surface area contributed by atoms with Gasteiger partial charge in [-0.05, 0) is 101 Å². The number of carbonyl (C=O) groups is 1. The second-order valence-electron chi connectivity index (χ2n) is 17.6. The maximum Gasteiger partial charge on any atom is 0.416 e. The molecule has 0 bridgehead atoms. The lowest BCUT2D eigenvalue weighted by Gasteiger charge is -2.27. The van der Waals surface area contributed by atoms with Gasteiger partial charge in [0.2, 0.25) is 11.6 Å². The largest absolute Gasteiger partial charge is 0.443 e. The first kappa shape index (κ1) is 51.3. The van der Waals surface area contributed by atoms with Crippen molar-refractivity contribution in [2.75, 3.05) is 36.6 Å². The smallest absolute Gasteiger partial charge is 0.416 e. The Hall–Kier alpha value is -4.65. The number of ether oxygens (including phenoxy) is 3. The Kier molecular flexibility index (Phi) is 17.2. The lowest BCUT2D eigenvalue weighted by molar-refractivity contribution is -0.383. The van der Waals surface area contributed by atoms with Crippen LogP contribution >= 0.6 is 0 Å². The van der Waals surface area contributed by atoms with E-state index in [0.29, 0.717) is 23.8 Å². The Morgan fingerprint density at radius 3 is 1.82 bits per heavy atom. The molecule has 0 radical (unpaired) electrons. The fourth-order valence-electron chi connectivity index (χ4n) is 7.85. The number of nitrogens with zero attached hydrogens (tertiary/aromatic N) is 4. The molecule has 22 heteroatoms. The summed E-state index contributed by atoms with van der Waals surface area (Å²) in [5.74, 6) is -3.62. The lowest BCUT2D eigenvalue weighted by Crippen LogP contribution is -2.40. The zero-order chi connectivity index (χ0) is 48.1. The number of nitrogens with two attached hydrogens (primary N) is 1. The van der Waals surface area contributed by atoms with Crippen molar-refractivity contribution in [2.45, 2.75) is 132 Å². The van der Waals surface area contributed by atoms with Gasteiger partial charge in [-0.3, -0.25) is 15.0 Å². The van der Waals surface area contributed by atoms with Gasteiger partial charge in [0, 0.05) is 18.0 Å². The molecule has 7 rings (SSSR count). The molecule has 1 amide bonds. The van der Waals surface area contributed by atoms with Gasteiger partial charge < -0.3 is 55.9 Å². The number of aliphatic hydroxyl groups excluding tert-OH is 6. The van der Waals surface area contributed by atoms with E-state index in [-0.39, 0.29) is 56.7 Å². The molecule has 12 atom stereocenters. The number of aryl methyl sites for hydroxylation is 1. The maximum atomic E-state index is 14.0. The number of hydrogen-bond donors (Lipinski definition) is 8. The summed E-state index contributed by atoms with van der Waals surface area (Å²) in [4.78, 5) is 34.5. The van der Waals surface area contributed by atoms with Crippen LogP contribution in [-0.2, 0) is 14.2 Å². The van der Waals surface area contributed by atoms with Crippen molar-refractivity contribution in [1.29, 1.82) is 0 Å². The first-order chi connectivity index (χ1) is 30.6. The van der Waals surface area contributed by atoms with Crippen LogP contribution in [0.25, 0.3) is 0 Å². The Balaban J connectivity index is 0.000000265. The van der Waals surface area contributed by atoms with Crippen molar-refractivity contribution < 1.29 is 72.1 Å². The van der Waals surface area contributed by atoms with E-state index in [0.717, 1.165) is 29.0 Å². The van der Waals surface area contributed by atoms with E-state index in [1.54, 1.807) is 26.8 Å². The van der Waals surface area contributed by atoms with Crippen molar-refractivity contribution >= 4 is 23.4 Å². The van der Waals surface area contributed by atoms with E-state index in [9.17, 15) is 52.9 Å². The van der Waals surface area contributed by atoms with E-state index < -0.39 is 106 Å². The topological polar surface area (TPSA) is 276 Å². The van der Waals surface area contributed by atoms with Gasteiger partial charge in [0.15, 0.2) is 23.3 Å². The highest BCUT2D eigenvalue weighted by atomic mass is 19.2. The number of benzene rings is 2. The predicted octanol–water partition coefficient (Wildman–Crippen LogP) is 3.46. The molecular formula is C43H58F4N6O12. The monoisotopic (exact) mass is 926 g/mol. The molecule has 3 aromatic rings. The van der Waals surface area contributed by atoms with E-state index in [4.69, 9.17) is 30.2 Å². The van der Waals surface area contributed by atoms with Crippen molar-refractivity contribution in [3.63, 3.8) is 0 Å². The van der Waals surface area contributed by atoms with Gasteiger partial charge >= 0.3 is 11.8 Å². The van der Waals surface area contributed by atoms with Gasteiger partial charge in [-0.1, -0.05) is 19.1 Å². The Labute approximate surface area is 372 Å². The molecule has 0 spiro atoms. The standard InChI is InChI=1S/C26H33F2N5O8.C10H10F2.C7H15NO4/c1-12-29-23(31-17-11-19(40-8-7-34)22(36)21(17)35)20(33(38)39)24(30-12)32(25(37)41-26(2,3)4)18-10-14(18)13-5-6-15(27)16(28)9-13;1-6-4-8(6)7-2-3-9(11)10(12)5-7;8-4-3-5(12-2-1-9)7(11)6(4)10/h5-6,9,14,17-19,21-22,34-36H,7-8,10-11H2,1-4H3,(H,29,30,31);2-3,5-6,8H,4H2,1H3;4-7,9-11H,1-3,8H2/t14-,17+,18+,19-,21-,22+;6-,8-;4-,5+,6+,7-/m011/s1. The van der Waals surface area contributed by atoms with Crippen LogP contribution in [0.1, 0.15) is 82.2 Å². The van der Waals surface area contributed by atoms with E-state index in [1.807, 2.05) is 0 Å². The zero-order valence-corrected chi connectivity index (χ0v) is 36.6. The van der Waals surface area contributed by atoms with Crippen LogP contribution in [-0.4, -0.2) is 138 Å². The average Bonchev–Trinajstić information content (AvgIpc) is 4.14. The Morgan fingerprint density at radius 1 is 0.831 bits per heavy atom. The number of hydrogen-bond acceptors (Lipinski definition) is 16. The highest BCUT2D eigenvalue weighted by molar-refractivity contribution is 5.93. The SMILES string of the molecule is C[C@@H]1C[C@H]1c1ccc(F)c(F)c1.Cc1nc(N[C@@H]2C[C@H](OCCO)[C@@H](O)[C@H]2O)c([N+](=O)[O-])c(N(C(=O)OC(C)(C)C)[C@@H]2C[C@H]2c2ccc(F)c(F)c2)n1.N[C@@H]1C[C@H](OCCO)[C@@H](O)[C@H]1O. The normalized spacial score (nSPS) is 28.9. The number of amides is 1. The number of nitro groups is 1. The fraction of sp³-hybridized carbons (Fsp3) is 0.605. The van der Waals surface area contributed by atoms with Crippen LogP contribution in [0, 0.1) is 46.2 Å². The number of anilines is 2. The third-order valence-electron chi connectivity index (χ3n) is 11.4. The van der Waals surface area contributed by atoms with Crippen molar-refractivity contribution in [3.05, 3.63) is 86.7 Å². The minimum absolute atomic E-state index is 0.0362. The van der Waals surface area contributed by atoms with Gasteiger partial charge in [0.1, 0.15) is 29.7 Å². The number of carbonyl (C=O) groups excluding carboxylic acids is 1. The maximum absolute atomic E-state index is 14.0. The third-order valence-corrected chi connectivity index (χ3v) is 11.4. The van der Waals surface area contributed by atoms with Gasteiger partial charge in [-0.2, -0.15) is 0 Å². The molecule has 360 valence electrons. The molecule has 0 saturated heterocycles. The van der Waals surface area contributed by atoms with Crippen molar-refractivity contribution in [3.8, 4) is 0 Å². The molecule has 4 aliphatic rings. The van der Waals surface area contributed by atoms with Gasteiger partial charge in [-0.15, -0.1) is 0 Å². The second-order valence-corrected chi connectivity index (χ2v) is 17.6. The van der Waals surface area contributed by atoms with Gasteiger partial charge in [-0.25, -0.2) is 32.3 Å². The molecule has 18 nitrogen and oxygen atoms in total. The number of aromatic nitrogens is 2. The van der Waals surface area contributed by atoms with Gasteiger partial charge in [0.25, 0.3) is 0 Å². The van der Waals surface area contributed by atoms with Crippen molar-refractivity contribution in [2.24, 2.45) is 11.7 Å². The molecule has 1 aromatic heterocycles.